The summed E-state index contributed by atoms with van der Waals surface area (Å²) in [5, 5.41) is 14.3. The Morgan fingerprint density at radius 1 is 1.04 bits per heavy atom. The lowest BCUT2D eigenvalue weighted by Crippen LogP contribution is -1.95. The van der Waals surface area contributed by atoms with Crippen molar-refractivity contribution in [2.45, 2.75) is 13.3 Å². The molecule has 0 atom stereocenters. The molecule has 24 heavy (non-hydrogen) atoms. The number of fused-ring (bicyclic) bond motifs is 1. The Morgan fingerprint density at radius 3 is 2.58 bits per heavy atom. The van der Waals surface area contributed by atoms with E-state index < -0.39 is 0 Å². The number of methoxy groups -OCH3 is 1. The van der Waals surface area contributed by atoms with Crippen LogP contribution in [-0.4, -0.2) is 26.9 Å². The van der Waals surface area contributed by atoms with E-state index in [0.717, 1.165) is 39.1 Å². The summed E-state index contributed by atoms with van der Waals surface area (Å²) in [7, 11) is 1.67. The van der Waals surface area contributed by atoms with Gasteiger partial charge in [0.25, 0.3) is 0 Å². The largest absolute Gasteiger partial charge is 0.497 e. The Labute approximate surface area is 143 Å². The summed E-state index contributed by atoms with van der Waals surface area (Å²) in [5.74, 6) is 1.65. The lowest BCUT2D eigenvalue weighted by Gasteiger charge is -2.02. The van der Waals surface area contributed by atoms with Crippen LogP contribution in [-0.2, 0) is 6.42 Å². The zero-order valence-electron chi connectivity index (χ0n) is 13.4. The van der Waals surface area contributed by atoms with Crippen molar-refractivity contribution in [3.05, 3.63) is 64.7 Å². The summed E-state index contributed by atoms with van der Waals surface area (Å²) in [6.45, 7) is 2.07. The van der Waals surface area contributed by atoms with Crippen LogP contribution in [0.15, 0.2) is 48.5 Å². The maximum Gasteiger partial charge on any atom is 0.234 e. The second-order valence-corrected chi connectivity index (χ2v) is 6.59. The van der Waals surface area contributed by atoms with Crippen LogP contribution >= 0.6 is 11.3 Å². The molecule has 4 aromatic rings. The number of rotatable bonds is 4. The number of nitrogens with zero attached hydrogens (tertiary/aromatic N) is 4. The quantitative estimate of drug-likeness (QED) is 0.569. The Bertz CT molecular complexity index is 988. The van der Waals surface area contributed by atoms with Crippen molar-refractivity contribution in [1.82, 2.24) is 19.8 Å². The Morgan fingerprint density at radius 2 is 1.83 bits per heavy atom. The van der Waals surface area contributed by atoms with E-state index in [1.54, 1.807) is 18.4 Å². The van der Waals surface area contributed by atoms with Crippen molar-refractivity contribution in [3.63, 3.8) is 0 Å². The predicted octanol–water partition coefficient (Wildman–Crippen LogP) is 3.76. The van der Waals surface area contributed by atoms with Gasteiger partial charge in [0.15, 0.2) is 5.82 Å². The minimum atomic E-state index is 0.769. The third-order valence-electron chi connectivity index (χ3n) is 3.93. The molecule has 0 unspecified atom stereocenters. The third-order valence-corrected chi connectivity index (χ3v) is 4.83. The predicted molar refractivity (Wildman–Crippen MR) is 94.6 cm³/mol. The number of aryl methyl sites for hydroxylation is 1. The number of ether oxygens (including phenoxy) is 1. The highest BCUT2D eigenvalue weighted by Crippen LogP contribution is 2.25. The van der Waals surface area contributed by atoms with Crippen molar-refractivity contribution in [2.75, 3.05) is 7.11 Å². The summed E-state index contributed by atoms with van der Waals surface area (Å²) in [5.41, 5.74) is 3.42. The van der Waals surface area contributed by atoms with Gasteiger partial charge in [0.2, 0.25) is 4.96 Å². The topological polar surface area (TPSA) is 52.3 Å². The standard InChI is InChI=1S/C18H16N4OS/c1-12-5-3-4-6-15(12)17-19-20-18-22(17)21-16(24-18)11-13-7-9-14(23-2)10-8-13/h3-10H,11H2,1-2H3. The molecule has 0 N–H and O–H groups in total. The molecule has 6 heteroatoms. The van der Waals surface area contributed by atoms with Crippen LogP contribution in [0.5, 0.6) is 5.75 Å². The number of benzene rings is 2. The number of aromatic nitrogens is 4. The zero-order valence-corrected chi connectivity index (χ0v) is 14.2. The lowest BCUT2D eigenvalue weighted by molar-refractivity contribution is 0.414. The molecule has 2 aromatic heterocycles. The van der Waals surface area contributed by atoms with Crippen molar-refractivity contribution in [3.8, 4) is 17.1 Å². The summed E-state index contributed by atoms with van der Waals surface area (Å²) in [6.07, 6.45) is 0.769. The molecule has 5 nitrogen and oxygen atoms in total. The SMILES string of the molecule is COc1ccc(Cc2nn3c(-c4ccccc4C)nnc3s2)cc1. The second kappa shape index (κ2) is 6.05. The summed E-state index contributed by atoms with van der Waals surface area (Å²) in [4.78, 5) is 0.816. The first-order valence-electron chi connectivity index (χ1n) is 7.64. The number of hydrogen-bond acceptors (Lipinski definition) is 5. The van der Waals surface area contributed by atoms with E-state index >= 15 is 0 Å². The fraction of sp³-hybridized carbons (Fsp3) is 0.167. The average molecular weight is 336 g/mol. The van der Waals surface area contributed by atoms with Gasteiger partial charge >= 0.3 is 0 Å². The summed E-state index contributed by atoms with van der Waals surface area (Å²) >= 11 is 1.57. The fourth-order valence-electron chi connectivity index (χ4n) is 2.64. The van der Waals surface area contributed by atoms with Gasteiger partial charge in [0.05, 0.1) is 7.11 Å². The van der Waals surface area contributed by atoms with Crippen LogP contribution in [0.2, 0.25) is 0 Å². The first kappa shape index (κ1) is 14.8. The molecule has 0 saturated heterocycles. The maximum atomic E-state index is 5.20. The van der Waals surface area contributed by atoms with Gasteiger partial charge in [-0.1, -0.05) is 47.7 Å². The lowest BCUT2D eigenvalue weighted by atomic mass is 10.1. The smallest absolute Gasteiger partial charge is 0.234 e. The molecule has 0 aliphatic heterocycles. The Kier molecular flexibility index (Phi) is 3.74. The highest BCUT2D eigenvalue weighted by Gasteiger charge is 2.14. The monoisotopic (exact) mass is 336 g/mol. The third kappa shape index (κ3) is 2.65. The van der Waals surface area contributed by atoms with Crippen LogP contribution in [0.3, 0.4) is 0 Å². The fourth-order valence-corrected chi connectivity index (χ4v) is 3.51. The molecule has 0 spiro atoms. The summed E-state index contributed by atoms with van der Waals surface area (Å²) < 4.78 is 7.03. The first-order chi connectivity index (χ1) is 11.7. The molecule has 0 saturated carbocycles. The highest BCUT2D eigenvalue weighted by molar-refractivity contribution is 7.16. The molecule has 4 rings (SSSR count). The molecule has 0 radical (unpaired) electrons. The first-order valence-corrected chi connectivity index (χ1v) is 8.46. The van der Waals surface area contributed by atoms with Crippen LogP contribution in [0, 0.1) is 6.92 Å². The molecular formula is C18H16N4OS. The van der Waals surface area contributed by atoms with Crippen LogP contribution < -0.4 is 4.74 Å². The normalized spacial score (nSPS) is 11.1. The van der Waals surface area contributed by atoms with E-state index in [4.69, 9.17) is 9.84 Å². The molecule has 0 bridgehead atoms. The van der Waals surface area contributed by atoms with Crippen LogP contribution in [0.4, 0.5) is 0 Å². The molecule has 2 aromatic carbocycles. The Hall–Kier alpha value is -2.73. The molecule has 0 aliphatic carbocycles. The van der Waals surface area contributed by atoms with Gasteiger partial charge in [-0.2, -0.15) is 9.61 Å². The Balaban J connectivity index is 1.68. The van der Waals surface area contributed by atoms with Crippen LogP contribution in [0.25, 0.3) is 16.3 Å². The van der Waals surface area contributed by atoms with Crippen molar-refractivity contribution < 1.29 is 4.74 Å². The minimum Gasteiger partial charge on any atom is -0.497 e. The van der Waals surface area contributed by atoms with E-state index in [9.17, 15) is 0 Å². The minimum absolute atomic E-state index is 0.769. The highest BCUT2D eigenvalue weighted by atomic mass is 32.1. The molecule has 120 valence electrons. The van der Waals surface area contributed by atoms with Crippen molar-refractivity contribution >= 4 is 16.3 Å². The van der Waals surface area contributed by atoms with Gasteiger partial charge in [-0.25, -0.2) is 0 Å². The van der Waals surface area contributed by atoms with E-state index in [2.05, 4.69) is 35.3 Å². The summed E-state index contributed by atoms with van der Waals surface area (Å²) in [6, 6.07) is 16.2. The maximum absolute atomic E-state index is 5.20. The van der Waals surface area contributed by atoms with Gasteiger partial charge in [-0.05, 0) is 30.2 Å². The zero-order chi connectivity index (χ0) is 16.5. The second-order valence-electron chi connectivity index (χ2n) is 5.55. The number of hydrogen-bond donors (Lipinski definition) is 0. The molecule has 0 fully saturated rings. The van der Waals surface area contributed by atoms with Gasteiger partial charge < -0.3 is 4.74 Å². The van der Waals surface area contributed by atoms with Gasteiger partial charge in [0.1, 0.15) is 10.8 Å². The molecule has 0 aliphatic rings. The van der Waals surface area contributed by atoms with E-state index in [0.29, 0.717) is 0 Å². The average Bonchev–Trinajstić information content (AvgIpc) is 3.16. The van der Waals surface area contributed by atoms with Gasteiger partial charge in [-0.3, -0.25) is 0 Å². The van der Waals surface area contributed by atoms with E-state index in [1.807, 2.05) is 34.8 Å². The van der Waals surface area contributed by atoms with Crippen LogP contribution in [0.1, 0.15) is 16.1 Å². The van der Waals surface area contributed by atoms with Crippen molar-refractivity contribution in [2.24, 2.45) is 0 Å². The van der Waals surface area contributed by atoms with Crippen molar-refractivity contribution in [1.29, 1.82) is 0 Å². The molecule has 0 amide bonds. The molecular weight excluding hydrogens is 320 g/mol. The van der Waals surface area contributed by atoms with Gasteiger partial charge in [-0.15, -0.1) is 10.2 Å². The van der Waals surface area contributed by atoms with Gasteiger partial charge in [0, 0.05) is 12.0 Å². The molecule has 2 heterocycles. The van der Waals surface area contributed by atoms with E-state index in [-0.39, 0.29) is 0 Å². The van der Waals surface area contributed by atoms with E-state index in [1.165, 1.54) is 5.56 Å².